The first-order chi connectivity index (χ1) is 9.74. The molecule has 0 amide bonds. The topological polar surface area (TPSA) is 28.2 Å². The van der Waals surface area contributed by atoms with E-state index in [0.29, 0.717) is 6.04 Å². The molecular weight excluding hydrogens is 253 g/mol. The molecule has 3 nitrogen and oxygen atoms in total. The quantitative estimate of drug-likeness (QED) is 0.910. The Labute approximate surface area is 118 Å². The van der Waals surface area contributed by atoms with Crippen molar-refractivity contribution in [2.75, 3.05) is 24.5 Å². The van der Waals surface area contributed by atoms with Gasteiger partial charge in [0.15, 0.2) is 0 Å². The number of hydrogen-bond acceptors (Lipinski definition) is 3. The predicted molar refractivity (Wildman–Crippen MR) is 79.3 cm³/mol. The second-order valence-electron chi connectivity index (χ2n) is 5.19. The van der Waals surface area contributed by atoms with Gasteiger partial charge < -0.3 is 10.2 Å². The minimum Gasteiger partial charge on any atom is -0.366 e. The van der Waals surface area contributed by atoms with Gasteiger partial charge in [-0.1, -0.05) is 6.07 Å². The van der Waals surface area contributed by atoms with E-state index < -0.39 is 0 Å². The largest absolute Gasteiger partial charge is 0.366 e. The third-order valence-electron chi connectivity index (χ3n) is 3.71. The highest BCUT2D eigenvalue weighted by molar-refractivity contribution is 5.68. The van der Waals surface area contributed by atoms with Gasteiger partial charge in [0.2, 0.25) is 0 Å². The van der Waals surface area contributed by atoms with Gasteiger partial charge in [-0.2, -0.15) is 0 Å². The van der Waals surface area contributed by atoms with Crippen molar-refractivity contribution in [2.45, 2.75) is 13.0 Å². The second kappa shape index (κ2) is 5.59. The van der Waals surface area contributed by atoms with Crippen LogP contribution in [0.4, 0.5) is 10.1 Å². The number of rotatable bonds is 2. The summed E-state index contributed by atoms with van der Waals surface area (Å²) in [5, 5.41) is 3.35. The fourth-order valence-electron chi connectivity index (χ4n) is 2.66. The molecule has 1 aromatic carbocycles. The number of pyridine rings is 1. The lowest BCUT2D eigenvalue weighted by Crippen LogP contribution is -2.49. The summed E-state index contributed by atoms with van der Waals surface area (Å²) in [5.41, 5.74) is 2.76. The molecule has 1 N–H and O–H groups in total. The Hall–Kier alpha value is -1.94. The first kappa shape index (κ1) is 13.1. The predicted octanol–water partition coefficient (Wildman–Crippen LogP) is 2.69. The van der Waals surface area contributed by atoms with Gasteiger partial charge >= 0.3 is 0 Å². The molecule has 1 saturated heterocycles. The summed E-state index contributed by atoms with van der Waals surface area (Å²) in [6.45, 7) is 4.92. The number of hydrogen-bond donors (Lipinski definition) is 1. The van der Waals surface area contributed by atoms with Gasteiger partial charge in [-0.25, -0.2) is 4.39 Å². The van der Waals surface area contributed by atoms with Crippen LogP contribution in [0.1, 0.15) is 6.92 Å². The minimum absolute atomic E-state index is 0.202. The molecule has 4 heteroatoms. The summed E-state index contributed by atoms with van der Waals surface area (Å²) in [7, 11) is 0. The molecule has 20 heavy (non-hydrogen) atoms. The van der Waals surface area contributed by atoms with Crippen LogP contribution in [0.15, 0.2) is 42.7 Å². The summed E-state index contributed by atoms with van der Waals surface area (Å²) < 4.78 is 13.9. The average Bonchev–Trinajstić information content (AvgIpc) is 2.48. The summed E-state index contributed by atoms with van der Waals surface area (Å²) in [4.78, 5) is 6.35. The maximum atomic E-state index is 13.9. The average molecular weight is 271 g/mol. The highest BCUT2D eigenvalue weighted by atomic mass is 19.1. The zero-order chi connectivity index (χ0) is 13.9. The monoisotopic (exact) mass is 271 g/mol. The maximum absolute atomic E-state index is 13.9. The van der Waals surface area contributed by atoms with E-state index in [4.69, 9.17) is 0 Å². The summed E-state index contributed by atoms with van der Waals surface area (Å²) >= 11 is 0. The lowest BCUT2D eigenvalue weighted by atomic mass is 10.1. The Morgan fingerprint density at radius 2 is 2.20 bits per heavy atom. The number of aromatic nitrogens is 1. The molecule has 1 aliphatic heterocycles. The van der Waals surface area contributed by atoms with Crippen LogP contribution >= 0.6 is 0 Å². The Morgan fingerprint density at radius 3 is 2.95 bits per heavy atom. The van der Waals surface area contributed by atoms with Crippen LogP contribution in [0.2, 0.25) is 0 Å². The van der Waals surface area contributed by atoms with E-state index in [9.17, 15) is 4.39 Å². The molecule has 0 bridgehead atoms. The van der Waals surface area contributed by atoms with Crippen molar-refractivity contribution in [2.24, 2.45) is 0 Å². The molecule has 0 saturated carbocycles. The Kier molecular flexibility index (Phi) is 3.65. The smallest absolute Gasteiger partial charge is 0.125 e. The molecule has 1 aliphatic rings. The first-order valence-corrected chi connectivity index (χ1v) is 6.92. The van der Waals surface area contributed by atoms with Gasteiger partial charge in [0.25, 0.3) is 0 Å². The van der Waals surface area contributed by atoms with Crippen molar-refractivity contribution in [1.29, 1.82) is 0 Å². The van der Waals surface area contributed by atoms with E-state index in [1.165, 1.54) is 0 Å². The summed E-state index contributed by atoms with van der Waals surface area (Å²) in [5.74, 6) is -0.202. The van der Waals surface area contributed by atoms with Crippen molar-refractivity contribution < 1.29 is 4.39 Å². The number of nitrogens with zero attached hydrogens (tertiary/aromatic N) is 2. The number of anilines is 1. The van der Waals surface area contributed by atoms with Crippen LogP contribution in [0.3, 0.4) is 0 Å². The lowest BCUT2D eigenvalue weighted by molar-refractivity contribution is 0.499. The van der Waals surface area contributed by atoms with E-state index in [1.807, 2.05) is 18.2 Å². The molecule has 2 aromatic rings. The molecule has 2 heterocycles. The molecule has 0 unspecified atom stereocenters. The van der Waals surface area contributed by atoms with Crippen LogP contribution in [0, 0.1) is 5.82 Å². The van der Waals surface area contributed by atoms with Crippen LogP contribution in [0.25, 0.3) is 11.1 Å². The Balaban J connectivity index is 1.98. The van der Waals surface area contributed by atoms with Gasteiger partial charge in [-0.05, 0) is 36.8 Å². The van der Waals surface area contributed by atoms with Crippen molar-refractivity contribution in [3.05, 3.63) is 48.5 Å². The van der Waals surface area contributed by atoms with Gasteiger partial charge in [0.1, 0.15) is 5.82 Å². The molecular formula is C16H18FN3. The number of nitrogens with one attached hydrogen (secondary N) is 1. The lowest BCUT2D eigenvalue weighted by Gasteiger charge is -2.36. The zero-order valence-corrected chi connectivity index (χ0v) is 11.5. The SMILES string of the molecule is C[C@H]1CNCCN1c1cc(F)cc(-c2cccnc2)c1. The normalized spacial score (nSPS) is 19.1. The molecule has 1 aromatic heterocycles. The van der Waals surface area contributed by atoms with E-state index in [0.717, 1.165) is 36.4 Å². The summed E-state index contributed by atoms with van der Waals surface area (Å²) in [6.07, 6.45) is 3.49. The first-order valence-electron chi connectivity index (χ1n) is 6.92. The van der Waals surface area contributed by atoms with E-state index in [1.54, 1.807) is 24.5 Å². The van der Waals surface area contributed by atoms with E-state index >= 15 is 0 Å². The van der Waals surface area contributed by atoms with Gasteiger partial charge in [-0.15, -0.1) is 0 Å². The third-order valence-corrected chi connectivity index (χ3v) is 3.71. The molecule has 0 spiro atoms. The molecule has 0 aliphatic carbocycles. The summed E-state index contributed by atoms with van der Waals surface area (Å²) in [6, 6.07) is 9.41. The highest BCUT2D eigenvalue weighted by Gasteiger charge is 2.19. The van der Waals surface area contributed by atoms with Gasteiger partial charge in [0, 0.05) is 49.3 Å². The van der Waals surface area contributed by atoms with Gasteiger partial charge in [-0.3, -0.25) is 4.98 Å². The highest BCUT2D eigenvalue weighted by Crippen LogP contribution is 2.27. The molecule has 3 rings (SSSR count). The maximum Gasteiger partial charge on any atom is 0.125 e. The zero-order valence-electron chi connectivity index (χ0n) is 11.5. The van der Waals surface area contributed by atoms with Crippen LogP contribution < -0.4 is 10.2 Å². The number of piperazine rings is 1. The minimum atomic E-state index is -0.202. The molecule has 0 radical (unpaired) electrons. The Bertz CT molecular complexity index is 586. The van der Waals surface area contributed by atoms with Crippen LogP contribution in [-0.2, 0) is 0 Å². The van der Waals surface area contributed by atoms with Crippen molar-refractivity contribution in [1.82, 2.24) is 10.3 Å². The van der Waals surface area contributed by atoms with Crippen molar-refractivity contribution in [3.8, 4) is 11.1 Å². The third kappa shape index (κ3) is 2.65. The van der Waals surface area contributed by atoms with Crippen LogP contribution in [-0.4, -0.2) is 30.7 Å². The molecule has 1 fully saturated rings. The molecule has 1 atom stereocenters. The van der Waals surface area contributed by atoms with Crippen molar-refractivity contribution >= 4 is 5.69 Å². The van der Waals surface area contributed by atoms with E-state index in [-0.39, 0.29) is 5.82 Å². The fraction of sp³-hybridized carbons (Fsp3) is 0.312. The standard InChI is InChI=1S/C16H18FN3/c1-12-10-19-5-6-20(12)16-8-14(7-15(17)9-16)13-3-2-4-18-11-13/h2-4,7-9,11-12,19H,5-6,10H2,1H3/t12-/m0/s1. The van der Waals surface area contributed by atoms with E-state index in [2.05, 4.69) is 22.1 Å². The molecule has 104 valence electrons. The Morgan fingerprint density at radius 1 is 1.30 bits per heavy atom. The number of halogens is 1. The van der Waals surface area contributed by atoms with Gasteiger partial charge in [0.05, 0.1) is 0 Å². The van der Waals surface area contributed by atoms with Crippen molar-refractivity contribution in [3.63, 3.8) is 0 Å². The van der Waals surface area contributed by atoms with Crippen LogP contribution in [0.5, 0.6) is 0 Å². The second-order valence-corrected chi connectivity index (χ2v) is 5.19. The fourth-order valence-corrected chi connectivity index (χ4v) is 2.66. The number of benzene rings is 1.